The lowest BCUT2D eigenvalue weighted by molar-refractivity contribution is -0.648. The fourth-order valence-corrected chi connectivity index (χ4v) is 2.33. The van der Waals surface area contributed by atoms with E-state index in [4.69, 9.17) is 21.1 Å². The van der Waals surface area contributed by atoms with Gasteiger partial charge < -0.3 is 14.6 Å². The minimum Gasteiger partial charge on any atom is -0.600 e. The van der Waals surface area contributed by atoms with Crippen molar-refractivity contribution in [2.24, 2.45) is 17.1 Å². The molecular formula is C14H14ClN5O3. The van der Waals surface area contributed by atoms with Crippen LogP contribution in [0.1, 0.15) is 6.92 Å². The van der Waals surface area contributed by atoms with Crippen LogP contribution in [0.3, 0.4) is 0 Å². The molecule has 0 fully saturated rings. The molecule has 0 N–H and O–H groups in total. The first-order valence-corrected chi connectivity index (χ1v) is 7.25. The Morgan fingerprint density at radius 1 is 1.52 bits per heavy atom. The van der Waals surface area contributed by atoms with Crippen molar-refractivity contribution in [3.63, 3.8) is 0 Å². The summed E-state index contributed by atoms with van der Waals surface area (Å²) >= 11 is 6.04. The first kappa shape index (κ1) is 15.3. The number of amidine groups is 1. The number of aryl methyl sites for hydroxylation is 1. The van der Waals surface area contributed by atoms with E-state index in [9.17, 15) is 5.11 Å². The number of rotatable bonds is 1. The Balaban J connectivity index is 2.08. The second-order valence-electron chi connectivity index (χ2n) is 4.75. The van der Waals surface area contributed by atoms with Gasteiger partial charge in [-0.05, 0) is 18.7 Å². The Labute approximate surface area is 137 Å². The zero-order chi connectivity index (χ0) is 16.6. The Kier molecular flexibility index (Phi) is 3.91. The number of hydrogen-bond donors (Lipinski definition) is 0. The van der Waals surface area contributed by atoms with Crippen molar-refractivity contribution in [3.8, 4) is 5.88 Å². The predicted molar refractivity (Wildman–Crippen MR) is 83.5 cm³/mol. The van der Waals surface area contributed by atoms with Gasteiger partial charge in [-0.2, -0.15) is 9.56 Å². The molecule has 0 spiro atoms. The van der Waals surface area contributed by atoms with Crippen LogP contribution in [0, 0.1) is 0 Å². The maximum atomic E-state index is 11.5. The summed E-state index contributed by atoms with van der Waals surface area (Å²) in [6, 6.07) is 5.24. The third-order valence-electron chi connectivity index (χ3n) is 3.21. The normalized spacial score (nSPS) is 14.3. The van der Waals surface area contributed by atoms with Gasteiger partial charge in [-0.25, -0.2) is 9.99 Å². The number of anilines is 1. The number of hydrazone groups is 1. The number of ether oxygens (including phenoxy) is 2. The molecule has 1 aromatic heterocycles. The van der Waals surface area contributed by atoms with Gasteiger partial charge in [-0.15, -0.1) is 5.10 Å². The minimum atomic E-state index is -0.762. The number of aliphatic imine (C=N–C) groups is 1. The van der Waals surface area contributed by atoms with Crippen LogP contribution in [-0.2, 0) is 11.8 Å². The quantitative estimate of drug-likeness (QED) is 0.432. The molecule has 0 aliphatic carbocycles. The minimum absolute atomic E-state index is 0.114. The molecule has 9 heteroatoms. The Morgan fingerprint density at radius 2 is 2.30 bits per heavy atom. The molecule has 0 atom stereocenters. The van der Waals surface area contributed by atoms with Crippen LogP contribution in [0.15, 0.2) is 28.3 Å². The zero-order valence-electron chi connectivity index (χ0n) is 12.8. The van der Waals surface area contributed by atoms with Crippen LogP contribution in [-0.4, -0.2) is 30.7 Å². The lowest BCUT2D eigenvalue weighted by Crippen LogP contribution is -2.39. The molecule has 3 rings (SSSR count). The average Bonchev–Trinajstić information content (AvgIpc) is 2.49. The third-order valence-corrected chi connectivity index (χ3v) is 3.44. The smallest absolute Gasteiger partial charge is 0.422 e. The van der Waals surface area contributed by atoms with Crippen LogP contribution in [0.2, 0.25) is 5.02 Å². The van der Waals surface area contributed by atoms with Crippen molar-refractivity contribution in [1.82, 2.24) is 4.98 Å². The Morgan fingerprint density at radius 3 is 3.04 bits per heavy atom. The highest BCUT2D eigenvalue weighted by atomic mass is 35.5. The zero-order valence-corrected chi connectivity index (χ0v) is 13.5. The van der Waals surface area contributed by atoms with Gasteiger partial charge in [0.25, 0.3) is 5.82 Å². The topological polar surface area (TPSA) is 86.2 Å². The van der Waals surface area contributed by atoms with E-state index in [2.05, 4.69) is 15.1 Å². The fraction of sp³-hybridized carbons (Fsp3) is 0.286. The average molecular weight is 336 g/mol. The number of nitrogens with zero attached hydrogens (tertiary/aromatic N) is 5. The summed E-state index contributed by atoms with van der Waals surface area (Å²) < 4.78 is 12.1. The molecule has 1 aliphatic rings. The molecule has 0 saturated heterocycles. The third kappa shape index (κ3) is 2.85. The molecule has 8 nitrogen and oxygen atoms in total. The van der Waals surface area contributed by atoms with Gasteiger partial charge in [0.05, 0.1) is 0 Å². The van der Waals surface area contributed by atoms with Gasteiger partial charge in [0.15, 0.2) is 6.08 Å². The van der Waals surface area contributed by atoms with E-state index in [-0.39, 0.29) is 12.6 Å². The van der Waals surface area contributed by atoms with Crippen LogP contribution in [0.25, 0.3) is 11.0 Å². The van der Waals surface area contributed by atoms with Crippen LogP contribution in [0.4, 0.5) is 5.82 Å². The van der Waals surface area contributed by atoms with E-state index in [1.807, 2.05) is 6.07 Å². The molecular weight excluding hydrogens is 322 g/mol. The van der Waals surface area contributed by atoms with Crippen molar-refractivity contribution < 1.29 is 19.1 Å². The van der Waals surface area contributed by atoms with E-state index >= 15 is 0 Å². The molecule has 0 unspecified atom stereocenters. The summed E-state index contributed by atoms with van der Waals surface area (Å²) in [7, 11) is 3.50. The van der Waals surface area contributed by atoms with Crippen molar-refractivity contribution >= 4 is 40.6 Å². The summed E-state index contributed by atoms with van der Waals surface area (Å²) in [6.45, 7) is 1.92. The lowest BCUT2D eigenvalue weighted by atomic mass is 10.3. The maximum absolute atomic E-state index is 11.5. The van der Waals surface area contributed by atoms with Gasteiger partial charge >= 0.3 is 11.9 Å². The van der Waals surface area contributed by atoms with Gasteiger partial charge in [-0.3, -0.25) is 0 Å². The second-order valence-corrected chi connectivity index (χ2v) is 5.19. The molecule has 2 aromatic rings. The van der Waals surface area contributed by atoms with E-state index in [0.717, 1.165) is 11.0 Å². The number of aromatic nitrogens is 2. The molecule has 2 heterocycles. The van der Waals surface area contributed by atoms with Crippen molar-refractivity contribution in [2.45, 2.75) is 6.92 Å². The fourth-order valence-electron chi connectivity index (χ4n) is 2.17. The van der Waals surface area contributed by atoms with E-state index < -0.39 is 6.08 Å². The van der Waals surface area contributed by atoms with Crippen molar-refractivity contribution in [2.75, 3.05) is 18.7 Å². The van der Waals surface area contributed by atoms with Crippen LogP contribution in [0.5, 0.6) is 5.88 Å². The maximum Gasteiger partial charge on any atom is 0.422 e. The molecule has 0 saturated carbocycles. The highest BCUT2D eigenvalue weighted by Gasteiger charge is 2.30. The largest absolute Gasteiger partial charge is 0.600 e. The van der Waals surface area contributed by atoms with Crippen molar-refractivity contribution in [3.05, 3.63) is 23.2 Å². The summed E-state index contributed by atoms with van der Waals surface area (Å²) in [5, 5.41) is 17.6. The highest BCUT2D eigenvalue weighted by Crippen LogP contribution is 2.28. The molecule has 0 bridgehead atoms. The SMILES string of the molecule is CCO/C([O-])=N\C1=NN(C)c2nc3ccc(Cl)cc3[n+](C)c2O1. The highest BCUT2D eigenvalue weighted by molar-refractivity contribution is 6.31. The molecule has 1 aromatic carbocycles. The molecule has 0 radical (unpaired) electrons. The van der Waals surface area contributed by atoms with Gasteiger partial charge in [-0.1, -0.05) is 18.5 Å². The summed E-state index contributed by atoms with van der Waals surface area (Å²) in [6.07, 6.45) is -0.762. The second kappa shape index (κ2) is 5.88. The first-order chi connectivity index (χ1) is 11.0. The number of halogens is 1. The van der Waals surface area contributed by atoms with E-state index in [0.29, 0.717) is 16.7 Å². The lowest BCUT2D eigenvalue weighted by Gasteiger charge is -2.20. The number of fused-ring (bicyclic) bond motifs is 2. The first-order valence-electron chi connectivity index (χ1n) is 6.87. The standard InChI is InChI=1S/C14H14ClN5O3/c1-4-22-14(21)17-13-18-20(3)11-12(23-13)19(2)10-7-8(15)5-6-9(10)16-11/h5-7H,4H2,1-3H3. The number of hydrogen-bond acceptors (Lipinski definition) is 7. The van der Waals surface area contributed by atoms with E-state index in [1.54, 1.807) is 37.7 Å². The van der Waals surface area contributed by atoms with Gasteiger partial charge in [0.2, 0.25) is 5.52 Å². The van der Waals surface area contributed by atoms with E-state index in [1.165, 1.54) is 5.01 Å². The Hall–Kier alpha value is -2.61. The van der Waals surface area contributed by atoms with Crippen molar-refractivity contribution in [1.29, 1.82) is 0 Å². The molecule has 1 aliphatic heterocycles. The molecule has 120 valence electrons. The number of benzene rings is 1. The molecule has 0 amide bonds. The molecule has 23 heavy (non-hydrogen) atoms. The van der Waals surface area contributed by atoms with Crippen LogP contribution < -0.4 is 19.4 Å². The van der Waals surface area contributed by atoms with Crippen LogP contribution >= 0.6 is 11.6 Å². The summed E-state index contributed by atoms with van der Waals surface area (Å²) in [5.41, 5.74) is 1.52. The monoisotopic (exact) mass is 335 g/mol. The summed E-state index contributed by atoms with van der Waals surface area (Å²) in [5.74, 6) is 0.908. The summed E-state index contributed by atoms with van der Waals surface area (Å²) in [4.78, 5) is 8.18. The predicted octanol–water partition coefficient (Wildman–Crippen LogP) is 0.565. The van der Waals surface area contributed by atoms with Gasteiger partial charge in [0, 0.05) is 18.1 Å². The van der Waals surface area contributed by atoms with Gasteiger partial charge in [0.1, 0.15) is 12.6 Å². The Bertz CT molecular complexity index is 837.